The van der Waals surface area contributed by atoms with Gasteiger partial charge in [-0.05, 0) is 12.1 Å². The van der Waals surface area contributed by atoms with Gasteiger partial charge in [-0.15, -0.1) is 22.7 Å². The second-order valence-corrected chi connectivity index (χ2v) is 8.73. The van der Waals surface area contributed by atoms with E-state index >= 15 is 0 Å². The molecule has 3 aromatic rings. The number of fused-ring (bicyclic) bond motifs is 3. The molecule has 8 heteroatoms. The molecular weight excluding hydrogens is 352 g/mol. The number of rotatable bonds is 5. The molecule has 0 spiro atoms. The van der Waals surface area contributed by atoms with Gasteiger partial charge < -0.3 is 0 Å². The van der Waals surface area contributed by atoms with Crippen LogP contribution in [-0.2, 0) is 10.2 Å². The van der Waals surface area contributed by atoms with E-state index < -0.39 is 16.1 Å². The van der Waals surface area contributed by atoms with Gasteiger partial charge in [-0.2, -0.15) is 12.7 Å². The molecule has 2 heterocycles. The summed E-state index contributed by atoms with van der Waals surface area (Å²) in [5, 5.41) is 1.10. The van der Waals surface area contributed by atoms with Crippen LogP contribution in [0.5, 0.6) is 0 Å². The predicted octanol–water partition coefficient (Wildman–Crippen LogP) is 3.43. The molecule has 1 N–H and O–H groups in total. The van der Waals surface area contributed by atoms with Crippen molar-refractivity contribution in [2.45, 2.75) is 13.8 Å². The first-order chi connectivity index (χ1) is 11.0. The van der Waals surface area contributed by atoms with Crippen LogP contribution >= 0.6 is 22.7 Å². The molecule has 0 fully saturated rings. The highest BCUT2D eigenvalue weighted by molar-refractivity contribution is 7.87. The quantitative estimate of drug-likeness (QED) is 0.750. The van der Waals surface area contributed by atoms with Crippen LogP contribution in [0, 0.1) is 0 Å². The zero-order valence-corrected chi connectivity index (χ0v) is 15.1. The number of nitrogens with zero attached hydrogens (tertiary/aromatic N) is 1. The number of thiophene rings is 2. The van der Waals surface area contributed by atoms with Crippen LogP contribution < -0.4 is 4.72 Å². The molecule has 0 aliphatic rings. The monoisotopic (exact) mass is 368 g/mol. The van der Waals surface area contributed by atoms with E-state index in [1.807, 2.05) is 24.3 Å². The Labute approximate surface area is 142 Å². The third-order valence-corrected chi connectivity index (χ3v) is 7.59. The van der Waals surface area contributed by atoms with Gasteiger partial charge in [0.05, 0.1) is 9.58 Å². The highest BCUT2D eigenvalue weighted by Gasteiger charge is 2.23. The van der Waals surface area contributed by atoms with E-state index in [1.54, 1.807) is 31.3 Å². The normalized spacial score (nSPS) is 12.3. The molecule has 0 bridgehead atoms. The third kappa shape index (κ3) is 2.99. The van der Waals surface area contributed by atoms with Crippen LogP contribution in [0.3, 0.4) is 0 Å². The Balaban J connectivity index is 1.92. The lowest BCUT2D eigenvalue weighted by molar-refractivity contribution is 0.0983. The molecule has 0 atom stereocenters. The number of hydrogen-bond acceptors (Lipinski definition) is 5. The second-order valence-electron chi connectivity index (χ2n) is 4.92. The molecule has 0 aliphatic heterocycles. The van der Waals surface area contributed by atoms with Crippen molar-refractivity contribution in [1.29, 1.82) is 0 Å². The molecule has 2 aromatic heterocycles. The molecule has 0 unspecified atom stereocenters. The zero-order chi connectivity index (χ0) is 16.6. The number of carbonyl (C=O) groups is 1. The summed E-state index contributed by atoms with van der Waals surface area (Å²) >= 11 is 2.93. The first kappa shape index (κ1) is 16.4. The number of nitrogens with one attached hydrogen (secondary N) is 1. The lowest BCUT2D eigenvalue weighted by Gasteiger charge is -2.18. The Kier molecular flexibility index (Phi) is 4.41. The van der Waals surface area contributed by atoms with Gasteiger partial charge >= 0.3 is 10.2 Å². The standard InChI is InChI=1S/C15H16N2O3S3/c1-3-17(4-2)23(19,20)16-15(18)13-9-12-14(22-13)10-7-5-6-8-11(10)21-12/h5-9H,3-4H2,1-2H3,(H,16,18). The minimum atomic E-state index is -3.79. The summed E-state index contributed by atoms with van der Waals surface area (Å²) < 4.78 is 30.8. The number of carbonyl (C=O) groups excluding carboxylic acids is 1. The van der Waals surface area contributed by atoms with Crippen LogP contribution in [0.25, 0.3) is 19.5 Å². The fourth-order valence-corrected chi connectivity index (χ4v) is 6.04. The Morgan fingerprint density at radius 3 is 2.52 bits per heavy atom. The summed E-state index contributed by atoms with van der Waals surface area (Å²) in [5.74, 6) is -0.575. The van der Waals surface area contributed by atoms with Crippen LogP contribution in [0.4, 0.5) is 0 Å². The minimum absolute atomic E-state index is 0.323. The average molecular weight is 369 g/mol. The van der Waals surface area contributed by atoms with Crippen molar-refractivity contribution < 1.29 is 13.2 Å². The topological polar surface area (TPSA) is 66.5 Å². The Morgan fingerprint density at radius 1 is 1.13 bits per heavy atom. The average Bonchev–Trinajstić information content (AvgIpc) is 3.05. The Hall–Kier alpha value is -1.48. The van der Waals surface area contributed by atoms with Gasteiger partial charge in [0.2, 0.25) is 0 Å². The van der Waals surface area contributed by atoms with Gasteiger partial charge in [-0.3, -0.25) is 4.79 Å². The maximum atomic E-state index is 12.3. The van der Waals surface area contributed by atoms with Gasteiger partial charge in [0.1, 0.15) is 0 Å². The van der Waals surface area contributed by atoms with E-state index in [-0.39, 0.29) is 0 Å². The lowest BCUT2D eigenvalue weighted by atomic mass is 10.2. The van der Waals surface area contributed by atoms with Crippen molar-refractivity contribution in [1.82, 2.24) is 9.03 Å². The maximum Gasteiger partial charge on any atom is 0.304 e. The number of hydrogen-bond donors (Lipinski definition) is 1. The Morgan fingerprint density at radius 2 is 1.83 bits per heavy atom. The van der Waals surface area contributed by atoms with Crippen molar-refractivity contribution in [2.24, 2.45) is 0 Å². The van der Waals surface area contributed by atoms with Crippen LogP contribution in [0.2, 0.25) is 0 Å². The molecule has 0 saturated carbocycles. The van der Waals surface area contributed by atoms with E-state index in [0.717, 1.165) is 19.5 Å². The van der Waals surface area contributed by atoms with E-state index in [4.69, 9.17) is 0 Å². The summed E-state index contributed by atoms with van der Waals surface area (Å²) in [6.45, 7) is 4.12. The smallest absolute Gasteiger partial charge is 0.267 e. The zero-order valence-electron chi connectivity index (χ0n) is 12.7. The summed E-state index contributed by atoms with van der Waals surface area (Å²) in [4.78, 5) is 12.7. The molecule has 1 amide bonds. The first-order valence-corrected chi connectivity index (χ1v) is 10.3. The van der Waals surface area contributed by atoms with E-state index in [9.17, 15) is 13.2 Å². The molecule has 122 valence electrons. The van der Waals surface area contributed by atoms with Crippen LogP contribution in [0.15, 0.2) is 30.3 Å². The van der Waals surface area contributed by atoms with Crippen molar-refractivity contribution in [3.63, 3.8) is 0 Å². The van der Waals surface area contributed by atoms with Gasteiger partial charge in [-0.1, -0.05) is 32.0 Å². The SMILES string of the molecule is CCN(CC)S(=O)(=O)NC(=O)c1cc2sc3ccccc3c2s1. The molecule has 1 aromatic carbocycles. The summed E-state index contributed by atoms with van der Waals surface area (Å²) in [7, 11) is -3.79. The highest BCUT2D eigenvalue weighted by atomic mass is 32.2. The van der Waals surface area contributed by atoms with Gasteiger partial charge in [0.15, 0.2) is 0 Å². The lowest BCUT2D eigenvalue weighted by Crippen LogP contribution is -2.43. The van der Waals surface area contributed by atoms with E-state index in [1.165, 1.54) is 15.6 Å². The molecule has 0 aliphatic carbocycles. The van der Waals surface area contributed by atoms with Crippen LogP contribution in [0.1, 0.15) is 23.5 Å². The van der Waals surface area contributed by atoms with Crippen molar-refractivity contribution >= 4 is 58.3 Å². The van der Waals surface area contributed by atoms with Gasteiger partial charge in [-0.25, -0.2) is 4.72 Å². The van der Waals surface area contributed by atoms with E-state index in [0.29, 0.717) is 18.0 Å². The summed E-state index contributed by atoms with van der Waals surface area (Å²) in [6, 6.07) is 9.75. The van der Waals surface area contributed by atoms with Gasteiger partial charge in [0.25, 0.3) is 5.91 Å². The molecule has 3 rings (SSSR count). The molecule has 0 saturated heterocycles. The van der Waals surface area contributed by atoms with Crippen molar-refractivity contribution in [3.8, 4) is 0 Å². The largest absolute Gasteiger partial charge is 0.304 e. The van der Waals surface area contributed by atoms with Crippen molar-refractivity contribution in [2.75, 3.05) is 13.1 Å². The van der Waals surface area contributed by atoms with Crippen LogP contribution in [-0.4, -0.2) is 31.7 Å². The Bertz CT molecular complexity index is 968. The molecule has 5 nitrogen and oxygen atoms in total. The third-order valence-electron chi connectivity index (χ3n) is 3.54. The molecule has 0 radical (unpaired) electrons. The van der Waals surface area contributed by atoms with E-state index in [2.05, 4.69) is 4.72 Å². The number of benzene rings is 1. The maximum absolute atomic E-state index is 12.3. The summed E-state index contributed by atoms with van der Waals surface area (Å²) in [6.07, 6.45) is 0. The number of amides is 1. The fourth-order valence-electron chi connectivity index (χ4n) is 2.41. The van der Waals surface area contributed by atoms with Crippen molar-refractivity contribution in [3.05, 3.63) is 35.2 Å². The second kappa shape index (κ2) is 6.20. The molecular formula is C15H16N2O3S3. The predicted molar refractivity (Wildman–Crippen MR) is 96.5 cm³/mol. The highest BCUT2D eigenvalue weighted by Crippen LogP contribution is 2.39. The fraction of sp³-hybridized carbons (Fsp3) is 0.267. The summed E-state index contributed by atoms with van der Waals surface area (Å²) in [5.41, 5.74) is 0. The first-order valence-electron chi connectivity index (χ1n) is 7.19. The minimum Gasteiger partial charge on any atom is -0.267 e. The molecule has 23 heavy (non-hydrogen) atoms. The van der Waals surface area contributed by atoms with Gasteiger partial charge in [0, 0.05) is 27.9 Å².